The van der Waals surface area contributed by atoms with E-state index in [2.05, 4.69) is 0 Å². The molecule has 1 unspecified atom stereocenters. The van der Waals surface area contributed by atoms with Gasteiger partial charge in [-0.05, 0) is 50.6 Å². The molecular weight excluding hydrogens is 709 g/mol. The lowest BCUT2D eigenvalue weighted by Crippen LogP contribution is -2.25. The van der Waals surface area contributed by atoms with E-state index in [4.69, 9.17) is 40.6 Å². The van der Waals surface area contributed by atoms with E-state index in [-0.39, 0.29) is 47.5 Å². The van der Waals surface area contributed by atoms with Crippen LogP contribution >= 0.6 is 18.9 Å². The first-order valence-electron chi connectivity index (χ1n) is 12.9. The van der Waals surface area contributed by atoms with Crippen LogP contribution in [0.4, 0.5) is 26.3 Å². The average molecular weight is 737 g/mol. The highest BCUT2D eigenvalue weighted by molar-refractivity contribution is 7.92. The number of hydrogen-bond acceptors (Lipinski definition) is 11. The minimum atomic E-state index is -5.08. The molecule has 13 nitrogen and oxygen atoms in total. The normalized spacial score (nSPS) is 12.9. The van der Waals surface area contributed by atoms with E-state index in [9.17, 15) is 35.4 Å². The summed E-state index contributed by atoms with van der Waals surface area (Å²) in [5.74, 6) is -7.38. The van der Waals surface area contributed by atoms with Crippen molar-refractivity contribution in [2.45, 2.75) is 30.2 Å². The van der Waals surface area contributed by atoms with Crippen LogP contribution in [0.3, 0.4) is 0 Å². The van der Waals surface area contributed by atoms with Crippen molar-refractivity contribution in [2.75, 3.05) is 32.6 Å². The molecule has 0 radical (unpaired) electrons. The summed E-state index contributed by atoms with van der Waals surface area (Å²) in [6.45, 7) is 1.57. The Labute approximate surface area is 267 Å². The molecule has 22 heteroatoms. The molecule has 1 heterocycles. The maximum Gasteiger partial charge on any atom is 0.490 e. The van der Waals surface area contributed by atoms with Crippen LogP contribution in [0.2, 0.25) is 0 Å². The highest BCUT2D eigenvalue weighted by atomic mass is 32.2. The molecule has 2 aromatic carbocycles. The number of nitriles is 1. The molecule has 0 saturated heterocycles. The third-order valence-corrected chi connectivity index (χ3v) is 10.1. The summed E-state index contributed by atoms with van der Waals surface area (Å²) in [4.78, 5) is 19.0. The van der Waals surface area contributed by atoms with E-state index in [1.54, 1.807) is 6.07 Å². The molecule has 0 amide bonds. The predicted octanol–water partition coefficient (Wildman–Crippen LogP) is 4.09. The van der Waals surface area contributed by atoms with Gasteiger partial charge < -0.3 is 35.5 Å². The van der Waals surface area contributed by atoms with Crippen molar-refractivity contribution >= 4 is 45.0 Å². The fourth-order valence-electron chi connectivity index (χ4n) is 3.43. The largest absolute Gasteiger partial charge is 0.490 e. The molecule has 7 N–H and O–H groups in total. The van der Waals surface area contributed by atoms with Crippen LogP contribution in [0.25, 0.3) is 10.1 Å². The number of halogens is 6. The van der Waals surface area contributed by atoms with Gasteiger partial charge in [0.25, 0.3) is 10.0 Å². The second kappa shape index (κ2) is 16.5. The first-order chi connectivity index (χ1) is 21.8. The molecular formula is C25H27F6N4O9PS2. The maximum absolute atomic E-state index is 15.6. The lowest BCUT2D eigenvalue weighted by Gasteiger charge is -2.15. The monoisotopic (exact) mass is 736 g/mol. The number of nitrogens with one attached hydrogen (secondary N) is 1. The highest BCUT2D eigenvalue weighted by Crippen LogP contribution is 2.47. The van der Waals surface area contributed by atoms with Gasteiger partial charge in [-0.3, -0.25) is 0 Å². The number of sulfonamides is 1. The highest BCUT2D eigenvalue weighted by Gasteiger charge is 2.38. The van der Waals surface area contributed by atoms with E-state index in [0.717, 1.165) is 12.1 Å². The number of hydrogen-bond donors (Lipinski definition) is 5. The SMILES string of the molecule is Cc1c(S(=O)(=O)NCP(=O)(O)Oc2ccc(C#N)c(F)c2)sc2c(F)c(OCCCN)c(OCCCN)c(F)c12.O=C(O)C(F)(F)F. The van der Waals surface area contributed by atoms with E-state index in [1.165, 1.54) is 6.92 Å². The summed E-state index contributed by atoms with van der Waals surface area (Å²) >= 11 is 0.385. The number of benzene rings is 2. The van der Waals surface area contributed by atoms with E-state index >= 15 is 8.78 Å². The predicted molar refractivity (Wildman–Crippen MR) is 155 cm³/mol. The number of fused-ring (bicyclic) bond motifs is 1. The number of rotatable bonds is 14. The van der Waals surface area contributed by atoms with E-state index in [0.29, 0.717) is 30.2 Å². The second-order valence-corrected chi connectivity index (χ2v) is 13.8. The zero-order valence-corrected chi connectivity index (χ0v) is 26.6. The molecule has 1 atom stereocenters. The molecule has 0 fully saturated rings. The van der Waals surface area contributed by atoms with Crippen molar-refractivity contribution in [3.8, 4) is 23.3 Å². The van der Waals surface area contributed by atoms with Crippen LogP contribution in [0.15, 0.2) is 22.4 Å². The average Bonchev–Trinajstić information content (AvgIpc) is 3.34. The number of ether oxygens (including phenoxy) is 2. The van der Waals surface area contributed by atoms with E-state index < -0.39 is 75.0 Å². The van der Waals surface area contributed by atoms with Crippen LogP contribution in [-0.2, 0) is 19.4 Å². The summed E-state index contributed by atoms with van der Waals surface area (Å²) in [5.41, 5.74) is 10.4. The summed E-state index contributed by atoms with van der Waals surface area (Å²) < 4.78 is 132. The number of aryl methyl sites for hydroxylation is 1. The second-order valence-electron chi connectivity index (χ2n) is 9.08. The van der Waals surface area contributed by atoms with Gasteiger partial charge in [0.05, 0.1) is 23.5 Å². The summed E-state index contributed by atoms with van der Waals surface area (Å²) in [7, 11) is -9.34. The molecule has 260 valence electrons. The zero-order chi connectivity index (χ0) is 35.7. The van der Waals surface area contributed by atoms with Gasteiger partial charge in [0.1, 0.15) is 28.1 Å². The van der Waals surface area contributed by atoms with Crippen molar-refractivity contribution in [2.24, 2.45) is 11.5 Å². The lowest BCUT2D eigenvalue weighted by molar-refractivity contribution is -0.192. The molecule has 1 aromatic heterocycles. The molecule has 3 aromatic rings. The Morgan fingerprint density at radius 2 is 1.62 bits per heavy atom. The molecule has 0 bridgehead atoms. The Balaban J connectivity index is 0.000000984. The molecule has 47 heavy (non-hydrogen) atoms. The van der Waals surface area contributed by atoms with Crippen molar-refractivity contribution in [1.29, 1.82) is 5.26 Å². The Morgan fingerprint density at radius 1 is 1.09 bits per heavy atom. The fourth-order valence-corrected chi connectivity index (χ4v) is 7.74. The topological polar surface area (TPSA) is 224 Å². The van der Waals surface area contributed by atoms with Crippen LogP contribution in [0, 0.1) is 35.7 Å². The number of alkyl halides is 3. The molecule has 0 saturated carbocycles. The van der Waals surface area contributed by atoms with Gasteiger partial charge in [-0.2, -0.15) is 23.2 Å². The van der Waals surface area contributed by atoms with E-state index in [1.807, 2.05) is 4.72 Å². The van der Waals surface area contributed by atoms with Gasteiger partial charge in [0.2, 0.25) is 11.5 Å². The molecule has 0 spiro atoms. The Morgan fingerprint density at radius 3 is 2.09 bits per heavy atom. The summed E-state index contributed by atoms with van der Waals surface area (Å²) in [6, 6.07) is 4.34. The van der Waals surface area contributed by atoms with Gasteiger partial charge in [0, 0.05) is 11.5 Å². The van der Waals surface area contributed by atoms with Crippen LogP contribution in [0.5, 0.6) is 17.2 Å². The van der Waals surface area contributed by atoms with Crippen molar-refractivity contribution in [3.63, 3.8) is 0 Å². The number of carbonyl (C=O) groups is 1. The summed E-state index contributed by atoms with van der Waals surface area (Å²) in [6.07, 6.45) is -5.59. The van der Waals surface area contributed by atoms with Gasteiger partial charge in [0.15, 0.2) is 11.6 Å². The first kappa shape index (κ1) is 39.5. The smallest absolute Gasteiger partial charge is 0.487 e. The van der Waals surface area contributed by atoms with Gasteiger partial charge in [-0.15, -0.1) is 11.3 Å². The molecule has 0 aliphatic heterocycles. The Hall–Kier alpha value is -3.64. The van der Waals surface area contributed by atoms with Crippen molar-refractivity contribution < 1.29 is 68.1 Å². The van der Waals surface area contributed by atoms with Gasteiger partial charge in [-0.25, -0.2) is 30.9 Å². The minimum absolute atomic E-state index is 0.0579. The number of carboxylic acid groups (broad SMARTS) is 1. The third kappa shape index (κ3) is 10.4. The number of nitrogens with two attached hydrogens (primary N) is 2. The number of aliphatic carboxylic acids is 1. The molecule has 3 rings (SSSR count). The van der Waals surface area contributed by atoms with Gasteiger partial charge >= 0.3 is 19.7 Å². The summed E-state index contributed by atoms with van der Waals surface area (Å²) in [5, 5.41) is 15.5. The quantitative estimate of drug-likeness (QED) is 0.0897. The Kier molecular flexibility index (Phi) is 13.8. The van der Waals surface area contributed by atoms with Crippen molar-refractivity contribution in [3.05, 3.63) is 46.8 Å². The van der Waals surface area contributed by atoms with Crippen LogP contribution in [-0.4, -0.2) is 63.2 Å². The number of carboxylic acids is 1. The molecule has 0 aliphatic rings. The maximum atomic E-state index is 15.6. The first-order valence-corrected chi connectivity index (χ1v) is 17.0. The van der Waals surface area contributed by atoms with Crippen LogP contribution in [0.1, 0.15) is 24.0 Å². The zero-order valence-electron chi connectivity index (χ0n) is 24.1. The fraction of sp³-hybridized carbons (Fsp3) is 0.360. The Bertz CT molecular complexity index is 1800. The van der Waals surface area contributed by atoms with Crippen molar-refractivity contribution in [1.82, 2.24) is 4.72 Å². The number of thiophene rings is 1. The van der Waals surface area contributed by atoms with Gasteiger partial charge in [-0.1, -0.05) is 0 Å². The number of nitrogens with zero attached hydrogens (tertiary/aromatic N) is 1. The third-order valence-electron chi connectivity index (χ3n) is 5.57. The molecule has 0 aliphatic carbocycles. The lowest BCUT2D eigenvalue weighted by atomic mass is 10.1. The minimum Gasteiger partial charge on any atom is -0.487 e. The van der Waals surface area contributed by atoms with Crippen LogP contribution < -0.4 is 30.2 Å². The standard InChI is InChI=1S/C23H26F3N4O7PS2.C2HF3O2/c1-13-17-18(25)20(35-8-2-6-27)21(36-9-3-7-28)19(26)22(17)39-23(13)40(33,34)30-12-38(31,32)37-15-5-4-14(11-29)16(24)10-15;3-2(4,5)1(6)7/h4-5,10,30H,2-3,6-9,12,27-28H2,1H3,(H,31,32);(H,6,7).